The average molecular weight is 396 g/mol. The Bertz CT molecular complexity index is 1160. The maximum Gasteiger partial charge on any atom is 0.344 e. The Morgan fingerprint density at radius 1 is 0.700 bits per heavy atom. The monoisotopic (exact) mass is 395 g/mol. The molecule has 30 heavy (non-hydrogen) atoms. The van der Waals surface area contributed by atoms with Gasteiger partial charge in [0.05, 0.1) is 5.56 Å². The Morgan fingerprint density at radius 3 is 1.83 bits per heavy atom. The molecule has 3 aromatic carbocycles. The molecule has 4 aromatic rings. The molecule has 0 bridgehead atoms. The second kappa shape index (κ2) is 8.83. The molecule has 0 fully saturated rings. The summed E-state index contributed by atoms with van der Waals surface area (Å²) < 4.78 is 5.79. The van der Waals surface area contributed by atoms with Crippen LogP contribution in [0, 0.1) is 0 Å². The molecule has 0 radical (unpaired) electrons. The highest BCUT2D eigenvalue weighted by molar-refractivity contribution is 5.84. The van der Waals surface area contributed by atoms with Crippen molar-refractivity contribution >= 4 is 5.69 Å². The van der Waals surface area contributed by atoms with E-state index >= 15 is 0 Å². The topological polar surface area (TPSA) is 33.5 Å². The minimum atomic E-state index is -0.328. The zero-order valence-electron chi connectivity index (χ0n) is 17.3. The molecule has 0 saturated carbocycles. The zero-order valence-corrected chi connectivity index (χ0v) is 17.3. The SMILES string of the molecule is CCN(CC)c1ccc(-c2cc(-c3ccccc3)c(-c3ccccc3)c(=O)o2)cc1. The van der Waals surface area contributed by atoms with E-state index in [0.29, 0.717) is 11.3 Å². The lowest BCUT2D eigenvalue weighted by Crippen LogP contribution is -2.21. The van der Waals surface area contributed by atoms with Crippen LogP contribution in [0.3, 0.4) is 0 Å². The van der Waals surface area contributed by atoms with Gasteiger partial charge in [-0.2, -0.15) is 0 Å². The van der Waals surface area contributed by atoms with Gasteiger partial charge in [-0.15, -0.1) is 0 Å². The smallest absolute Gasteiger partial charge is 0.344 e. The highest BCUT2D eigenvalue weighted by Crippen LogP contribution is 2.33. The van der Waals surface area contributed by atoms with Gasteiger partial charge in [-0.3, -0.25) is 0 Å². The van der Waals surface area contributed by atoms with Crippen molar-refractivity contribution in [3.8, 4) is 33.6 Å². The van der Waals surface area contributed by atoms with Crippen LogP contribution in [0.1, 0.15) is 13.8 Å². The molecule has 0 saturated heterocycles. The minimum Gasteiger partial charge on any atom is -0.422 e. The van der Waals surface area contributed by atoms with Crippen LogP contribution in [0.4, 0.5) is 5.69 Å². The number of nitrogens with zero attached hydrogens (tertiary/aromatic N) is 1. The Balaban J connectivity index is 1.85. The minimum absolute atomic E-state index is 0.328. The molecule has 3 heteroatoms. The third-order valence-corrected chi connectivity index (χ3v) is 5.38. The quantitative estimate of drug-likeness (QED) is 0.374. The molecule has 150 valence electrons. The van der Waals surface area contributed by atoms with Crippen molar-refractivity contribution in [1.29, 1.82) is 0 Å². The maximum atomic E-state index is 13.1. The van der Waals surface area contributed by atoms with Crippen molar-refractivity contribution in [2.75, 3.05) is 18.0 Å². The van der Waals surface area contributed by atoms with E-state index in [1.165, 1.54) is 0 Å². The van der Waals surface area contributed by atoms with Gasteiger partial charge in [0.25, 0.3) is 0 Å². The van der Waals surface area contributed by atoms with Crippen LogP contribution in [-0.4, -0.2) is 13.1 Å². The third-order valence-electron chi connectivity index (χ3n) is 5.38. The fourth-order valence-corrected chi connectivity index (χ4v) is 3.78. The van der Waals surface area contributed by atoms with Crippen LogP contribution in [0.2, 0.25) is 0 Å². The van der Waals surface area contributed by atoms with E-state index in [1.807, 2.05) is 78.9 Å². The molecule has 0 atom stereocenters. The van der Waals surface area contributed by atoms with Gasteiger partial charge in [-0.05, 0) is 55.3 Å². The van der Waals surface area contributed by atoms with Crippen molar-refractivity contribution in [1.82, 2.24) is 0 Å². The number of hydrogen-bond donors (Lipinski definition) is 0. The molecular weight excluding hydrogens is 370 g/mol. The lowest BCUT2D eigenvalue weighted by molar-refractivity contribution is 0.529. The van der Waals surface area contributed by atoms with Crippen LogP contribution in [0.15, 0.2) is 100 Å². The summed E-state index contributed by atoms with van der Waals surface area (Å²) in [4.78, 5) is 15.4. The first-order valence-electron chi connectivity index (χ1n) is 10.4. The third kappa shape index (κ3) is 3.92. The summed E-state index contributed by atoms with van der Waals surface area (Å²) in [5, 5.41) is 0. The van der Waals surface area contributed by atoms with Gasteiger partial charge in [0.2, 0.25) is 0 Å². The number of benzene rings is 3. The zero-order chi connectivity index (χ0) is 20.9. The number of anilines is 1. The van der Waals surface area contributed by atoms with Gasteiger partial charge in [0, 0.05) is 29.9 Å². The molecule has 3 nitrogen and oxygen atoms in total. The Hall–Kier alpha value is -3.59. The first-order valence-corrected chi connectivity index (χ1v) is 10.4. The molecule has 0 aliphatic carbocycles. The molecule has 1 aromatic heterocycles. The van der Waals surface area contributed by atoms with Crippen LogP contribution in [0.5, 0.6) is 0 Å². The lowest BCUT2D eigenvalue weighted by Gasteiger charge is -2.21. The molecule has 0 N–H and O–H groups in total. The summed E-state index contributed by atoms with van der Waals surface area (Å²) in [6, 6.07) is 29.9. The van der Waals surface area contributed by atoms with Crippen LogP contribution < -0.4 is 10.5 Å². The van der Waals surface area contributed by atoms with Gasteiger partial charge in [-0.25, -0.2) is 4.79 Å². The van der Waals surface area contributed by atoms with Gasteiger partial charge in [-0.1, -0.05) is 60.7 Å². The molecule has 1 heterocycles. The summed E-state index contributed by atoms with van der Waals surface area (Å²) in [5.74, 6) is 0.574. The van der Waals surface area contributed by atoms with E-state index in [9.17, 15) is 4.79 Å². The van der Waals surface area contributed by atoms with E-state index in [-0.39, 0.29) is 5.63 Å². The summed E-state index contributed by atoms with van der Waals surface area (Å²) in [6.45, 7) is 6.19. The first-order chi connectivity index (χ1) is 14.7. The van der Waals surface area contributed by atoms with Crippen LogP contribution in [0.25, 0.3) is 33.6 Å². The molecule has 0 aliphatic heterocycles. The van der Waals surface area contributed by atoms with Crippen molar-refractivity contribution in [3.05, 3.63) is 101 Å². The van der Waals surface area contributed by atoms with Crippen LogP contribution in [-0.2, 0) is 0 Å². The van der Waals surface area contributed by atoms with E-state index in [1.54, 1.807) is 0 Å². The molecular formula is C27H25NO2. The maximum absolute atomic E-state index is 13.1. The summed E-state index contributed by atoms with van der Waals surface area (Å²) in [6.07, 6.45) is 0. The highest BCUT2D eigenvalue weighted by atomic mass is 16.4. The first kappa shape index (κ1) is 19.7. The fourth-order valence-electron chi connectivity index (χ4n) is 3.78. The van der Waals surface area contributed by atoms with Crippen molar-refractivity contribution in [2.24, 2.45) is 0 Å². The Kier molecular flexibility index (Phi) is 5.80. The second-order valence-corrected chi connectivity index (χ2v) is 7.14. The molecule has 0 amide bonds. The fraction of sp³-hybridized carbons (Fsp3) is 0.148. The summed E-state index contributed by atoms with van der Waals surface area (Å²) >= 11 is 0. The predicted octanol–water partition coefficient (Wildman–Crippen LogP) is 6.49. The Morgan fingerprint density at radius 2 is 1.27 bits per heavy atom. The van der Waals surface area contributed by atoms with Crippen molar-refractivity contribution in [2.45, 2.75) is 13.8 Å². The molecule has 0 aliphatic rings. The Labute approximate surface area is 177 Å². The number of rotatable bonds is 6. The van der Waals surface area contributed by atoms with Crippen molar-refractivity contribution < 1.29 is 4.42 Å². The molecule has 0 spiro atoms. The summed E-state index contributed by atoms with van der Waals surface area (Å²) in [7, 11) is 0. The standard InChI is InChI=1S/C27H25NO2/c1-3-28(4-2)23-17-15-21(16-18-23)25-19-24(20-11-7-5-8-12-20)26(27(29)30-25)22-13-9-6-10-14-22/h5-19H,3-4H2,1-2H3. The lowest BCUT2D eigenvalue weighted by atomic mass is 9.95. The highest BCUT2D eigenvalue weighted by Gasteiger charge is 2.16. The van der Waals surface area contributed by atoms with Crippen molar-refractivity contribution in [3.63, 3.8) is 0 Å². The average Bonchev–Trinajstić information content (AvgIpc) is 2.81. The normalized spacial score (nSPS) is 10.7. The van der Waals surface area contributed by atoms with E-state index in [4.69, 9.17) is 4.42 Å². The summed E-state index contributed by atoms with van der Waals surface area (Å²) in [5.41, 5.74) is 5.03. The number of hydrogen-bond acceptors (Lipinski definition) is 3. The second-order valence-electron chi connectivity index (χ2n) is 7.14. The van der Waals surface area contributed by atoms with Crippen LogP contribution >= 0.6 is 0 Å². The van der Waals surface area contributed by atoms with E-state index in [0.717, 1.165) is 41.0 Å². The van der Waals surface area contributed by atoms with Gasteiger partial charge in [0.1, 0.15) is 5.76 Å². The van der Waals surface area contributed by atoms with Gasteiger partial charge in [0.15, 0.2) is 0 Å². The molecule has 0 unspecified atom stereocenters. The largest absolute Gasteiger partial charge is 0.422 e. The van der Waals surface area contributed by atoms with Gasteiger partial charge >= 0.3 is 5.63 Å². The van der Waals surface area contributed by atoms with E-state index in [2.05, 4.69) is 30.9 Å². The van der Waals surface area contributed by atoms with Gasteiger partial charge < -0.3 is 9.32 Å². The van der Waals surface area contributed by atoms with E-state index < -0.39 is 0 Å². The predicted molar refractivity (Wildman–Crippen MR) is 125 cm³/mol. The molecule has 4 rings (SSSR count).